The van der Waals surface area contributed by atoms with Crippen LogP contribution < -0.4 is 15.8 Å². The van der Waals surface area contributed by atoms with E-state index in [0.29, 0.717) is 0 Å². The molecule has 0 unspecified atom stereocenters. The van der Waals surface area contributed by atoms with Gasteiger partial charge in [-0.2, -0.15) is 0 Å². The van der Waals surface area contributed by atoms with Gasteiger partial charge in [0.1, 0.15) is 23.6 Å². The van der Waals surface area contributed by atoms with Crippen LogP contribution in [0.4, 0.5) is 24.7 Å². The van der Waals surface area contributed by atoms with Crippen molar-refractivity contribution in [3.05, 3.63) is 69.3 Å². The summed E-state index contributed by atoms with van der Waals surface area (Å²) >= 11 is 6.90. The van der Waals surface area contributed by atoms with Gasteiger partial charge in [-0.05, 0) is 30.3 Å². The number of nitrogens with two attached hydrogens (primary N) is 1. The second kappa shape index (κ2) is 7.95. The Kier molecular flexibility index (Phi) is 5.79. The van der Waals surface area contributed by atoms with E-state index in [0.717, 1.165) is 29.5 Å². The van der Waals surface area contributed by atoms with Gasteiger partial charge in [-0.15, -0.1) is 11.3 Å². The number of hydrogen-bond acceptors (Lipinski definition) is 6. The molecule has 0 aliphatic carbocycles. The molecule has 0 fully saturated rings. The van der Waals surface area contributed by atoms with Gasteiger partial charge in [0.25, 0.3) is 10.0 Å². The molecule has 4 N–H and O–H groups in total. The molecule has 0 saturated heterocycles. The van der Waals surface area contributed by atoms with E-state index in [2.05, 4.69) is 10.3 Å². The number of rotatable bonds is 6. The van der Waals surface area contributed by atoms with Crippen molar-refractivity contribution in [1.82, 2.24) is 4.98 Å². The van der Waals surface area contributed by atoms with E-state index in [1.54, 1.807) is 0 Å². The molecular weight excluding hydrogens is 437 g/mol. The molecular formula is C16H12ClF3N4O2S2. The first-order chi connectivity index (χ1) is 13.2. The lowest BCUT2D eigenvalue weighted by molar-refractivity contribution is 0.521. The first kappa shape index (κ1) is 20.4. The van der Waals surface area contributed by atoms with Gasteiger partial charge in [-0.25, -0.2) is 26.6 Å². The first-order valence-electron chi connectivity index (χ1n) is 7.54. The fraction of sp³-hybridized carbons (Fsp3) is 0.0625. The zero-order valence-electron chi connectivity index (χ0n) is 13.8. The smallest absolute Gasteiger partial charge is 0.268 e. The highest BCUT2D eigenvalue weighted by molar-refractivity contribution is 7.92. The average Bonchev–Trinajstić information content (AvgIpc) is 3.08. The molecule has 1 aromatic heterocycles. The molecule has 3 aromatic rings. The van der Waals surface area contributed by atoms with Crippen LogP contribution in [0.3, 0.4) is 0 Å². The van der Waals surface area contributed by atoms with Crippen molar-refractivity contribution in [2.45, 2.75) is 11.1 Å². The molecule has 28 heavy (non-hydrogen) atoms. The second-order valence-corrected chi connectivity index (χ2v) is 8.31. The summed E-state index contributed by atoms with van der Waals surface area (Å²) < 4.78 is 69.1. The fourth-order valence-corrected chi connectivity index (χ4v) is 4.22. The highest BCUT2D eigenvalue weighted by Crippen LogP contribution is 2.27. The molecule has 148 valence electrons. The van der Waals surface area contributed by atoms with Crippen LogP contribution in [0.25, 0.3) is 0 Å². The van der Waals surface area contributed by atoms with Crippen LogP contribution in [0.15, 0.2) is 46.1 Å². The summed E-state index contributed by atoms with van der Waals surface area (Å²) in [6, 6.07) is 5.15. The highest BCUT2D eigenvalue weighted by atomic mass is 35.5. The Morgan fingerprint density at radius 3 is 2.39 bits per heavy atom. The van der Waals surface area contributed by atoms with Crippen molar-refractivity contribution >= 4 is 44.5 Å². The minimum absolute atomic E-state index is 0.0322. The lowest BCUT2D eigenvalue weighted by Crippen LogP contribution is -2.22. The minimum atomic E-state index is -4.55. The molecule has 0 spiro atoms. The summed E-state index contributed by atoms with van der Waals surface area (Å²) in [5.41, 5.74) is 6.96. The molecule has 12 heteroatoms. The Morgan fingerprint density at radius 2 is 1.79 bits per heavy atom. The summed E-state index contributed by atoms with van der Waals surface area (Å²) in [4.78, 5) is 2.53. The summed E-state index contributed by atoms with van der Waals surface area (Å²) in [7, 11) is -4.55. The third-order valence-corrected chi connectivity index (χ3v) is 5.78. The van der Waals surface area contributed by atoms with Crippen LogP contribution in [-0.4, -0.2) is 13.4 Å². The highest BCUT2D eigenvalue weighted by Gasteiger charge is 2.26. The molecule has 6 nitrogen and oxygen atoms in total. The van der Waals surface area contributed by atoms with Crippen LogP contribution in [0, 0.1) is 17.5 Å². The Hall–Kier alpha value is -2.34. The SMILES string of the molecule is N[C@H](Nc1cc(F)c(S(=O)(=O)Nc2cscn2)c(F)c1)c1cc(Cl)ccc1F. The number of anilines is 2. The van der Waals surface area contributed by atoms with Crippen LogP contribution in [-0.2, 0) is 10.0 Å². The van der Waals surface area contributed by atoms with Gasteiger partial charge >= 0.3 is 0 Å². The van der Waals surface area contributed by atoms with E-state index in [4.69, 9.17) is 17.3 Å². The Labute approximate surface area is 167 Å². The maximum Gasteiger partial charge on any atom is 0.268 e. The minimum Gasteiger partial charge on any atom is -0.366 e. The topological polar surface area (TPSA) is 97.1 Å². The monoisotopic (exact) mass is 448 g/mol. The lowest BCUT2D eigenvalue weighted by atomic mass is 10.1. The molecule has 0 aliphatic rings. The van der Waals surface area contributed by atoms with Gasteiger partial charge in [-0.1, -0.05) is 11.6 Å². The van der Waals surface area contributed by atoms with Crippen molar-refractivity contribution in [3.8, 4) is 0 Å². The molecule has 1 heterocycles. The molecule has 1 atom stereocenters. The normalized spacial score (nSPS) is 12.6. The summed E-state index contributed by atoms with van der Waals surface area (Å²) in [6.07, 6.45) is -1.19. The van der Waals surface area contributed by atoms with Gasteiger partial charge in [0.05, 0.1) is 5.51 Å². The summed E-state index contributed by atoms with van der Waals surface area (Å²) in [6.45, 7) is 0. The lowest BCUT2D eigenvalue weighted by Gasteiger charge is -2.17. The molecule has 0 aliphatic heterocycles. The number of benzene rings is 2. The predicted octanol–water partition coefficient (Wildman–Crippen LogP) is 4.08. The zero-order chi connectivity index (χ0) is 20.5. The Morgan fingerprint density at radius 1 is 1.11 bits per heavy atom. The van der Waals surface area contributed by atoms with E-state index in [9.17, 15) is 21.6 Å². The molecule has 2 aromatic carbocycles. The van der Waals surface area contributed by atoms with E-state index < -0.39 is 38.5 Å². The maximum atomic E-state index is 14.4. The fourth-order valence-electron chi connectivity index (χ4n) is 2.36. The number of sulfonamides is 1. The van der Waals surface area contributed by atoms with E-state index >= 15 is 0 Å². The Balaban J connectivity index is 1.88. The summed E-state index contributed by atoms with van der Waals surface area (Å²) in [5.74, 6) is -3.45. The first-order valence-corrected chi connectivity index (χ1v) is 10.3. The van der Waals surface area contributed by atoms with Gasteiger partial charge in [0, 0.05) is 21.7 Å². The van der Waals surface area contributed by atoms with E-state index in [1.165, 1.54) is 23.0 Å². The number of nitrogens with zero attached hydrogens (tertiary/aromatic N) is 1. The van der Waals surface area contributed by atoms with Gasteiger partial charge in [0.15, 0.2) is 10.7 Å². The molecule has 0 amide bonds. The number of nitrogens with one attached hydrogen (secondary N) is 2. The van der Waals surface area contributed by atoms with Crippen molar-refractivity contribution < 1.29 is 21.6 Å². The zero-order valence-corrected chi connectivity index (χ0v) is 16.2. The van der Waals surface area contributed by atoms with Crippen molar-refractivity contribution in [2.75, 3.05) is 10.0 Å². The van der Waals surface area contributed by atoms with E-state index in [1.807, 2.05) is 4.72 Å². The number of hydrogen-bond donors (Lipinski definition) is 3. The summed E-state index contributed by atoms with van der Waals surface area (Å²) in [5, 5.41) is 4.09. The van der Waals surface area contributed by atoms with Crippen molar-refractivity contribution in [1.29, 1.82) is 0 Å². The van der Waals surface area contributed by atoms with Crippen LogP contribution in [0.5, 0.6) is 0 Å². The maximum absolute atomic E-state index is 14.4. The Bertz CT molecular complexity index is 1090. The average molecular weight is 449 g/mol. The molecule has 0 radical (unpaired) electrons. The van der Waals surface area contributed by atoms with E-state index in [-0.39, 0.29) is 22.1 Å². The van der Waals surface area contributed by atoms with Crippen molar-refractivity contribution in [2.24, 2.45) is 5.73 Å². The molecule has 3 rings (SSSR count). The van der Waals surface area contributed by atoms with Crippen LogP contribution >= 0.6 is 22.9 Å². The van der Waals surface area contributed by atoms with Crippen LogP contribution in [0.1, 0.15) is 11.7 Å². The third kappa shape index (κ3) is 4.38. The van der Waals surface area contributed by atoms with Gasteiger partial charge < -0.3 is 11.1 Å². The quantitative estimate of drug-likeness (QED) is 0.493. The van der Waals surface area contributed by atoms with Gasteiger partial charge in [-0.3, -0.25) is 4.72 Å². The number of thiazole rings is 1. The molecule has 0 saturated carbocycles. The number of halogens is 4. The van der Waals surface area contributed by atoms with Crippen LogP contribution in [0.2, 0.25) is 5.02 Å². The third-order valence-electron chi connectivity index (χ3n) is 3.55. The largest absolute Gasteiger partial charge is 0.366 e. The second-order valence-electron chi connectivity index (χ2n) is 5.54. The van der Waals surface area contributed by atoms with Gasteiger partial charge in [0.2, 0.25) is 0 Å². The predicted molar refractivity (Wildman–Crippen MR) is 101 cm³/mol. The van der Waals surface area contributed by atoms with Crippen molar-refractivity contribution in [3.63, 3.8) is 0 Å². The standard InChI is InChI=1S/C16H12ClF3N4O2S2/c17-8-1-2-11(18)10(3-8)16(21)23-9-4-12(19)15(13(20)5-9)28(25,26)24-14-6-27-7-22-14/h1-7,16,23-24H,21H2/t16-/m1/s1. The molecule has 0 bridgehead atoms. The number of aromatic nitrogens is 1.